The van der Waals surface area contributed by atoms with Gasteiger partial charge >= 0.3 is 0 Å². The zero-order chi connectivity index (χ0) is 37.9. The zero-order valence-electron chi connectivity index (χ0n) is 33.6. The normalized spacial score (nSPS) is 15.3. The van der Waals surface area contributed by atoms with Crippen LogP contribution in [0.5, 0.6) is 0 Å². The summed E-state index contributed by atoms with van der Waals surface area (Å²) in [5, 5.41) is 5.00. The van der Waals surface area contributed by atoms with Crippen LogP contribution in [-0.2, 0) is 0 Å². The molecule has 1 heterocycles. The van der Waals surface area contributed by atoms with Crippen LogP contribution >= 0.6 is 0 Å². The summed E-state index contributed by atoms with van der Waals surface area (Å²) in [6, 6.07) is 25.0. The van der Waals surface area contributed by atoms with E-state index in [1.165, 1.54) is 0 Å². The standard InChI is InChI=1S/C42H26O/c1-2-11-30-26-31(25-20-27(30)10-1)41-35-14-5-3-12-33(35)40(34-13-4-6-15-36(34)41)29-23-21-28(22-24-29)32-17-9-19-39-42(32)37-16-7-8-18-38(37)43-39/h1-26H/i3D,4D,5D,6D,7D,8D,9D,16D,17D,18D,19D. The van der Waals surface area contributed by atoms with Crippen LogP contribution in [0.1, 0.15) is 15.1 Å². The van der Waals surface area contributed by atoms with E-state index in [2.05, 4.69) is 6.07 Å². The highest BCUT2D eigenvalue weighted by Gasteiger charge is 2.17. The average molecular weight is 558 g/mol. The molecule has 0 saturated carbocycles. The molecule has 0 aliphatic rings. The molecule has 200 valence electrons. The largest absolute Gasteiger partial charge is 0.456 e. The maximum absolute atomic E-state index is 8.95. The lowest BCUT2D eigenvalue weighted by atomic mass is 9.85. The Balaban J connectivity index is 1.34. The number of fused-ring (bicyclic) bond motifs is 6. The van der Waals surface area contributed by atoms with E-state index in [9.17, 15) is 0 Å². The molecule has 9 aromatic rings. The molecule has 0 saturated heterocycles. The Hall–Kier alpha value is -5.66. The first-order chi connectivity index (χ1) is 25.8. The summed E-state index contributed by atoms with van der Waals surface area (Å²) in [5.74, 6) is 0. The minimum absolute atomic E-state index is 0.0171. The van der Waals surface area contributed by atoms with Gasteiger partial charge in [0.15, 0.2) is 0 Å². The number of para-hydroxylation sites is 1. The van der Waals surface area contributed by atoms with Crippen molar-refractivity contribution >= 4 is 54.3 Å². The highest BCUT2D eigenvalue weighted by Crippen LogP contribution is 2.45. The minimum Gasteiger partial charge on any atom is -0.456 e. The van der Waals surface area contributed by atoms with Gasteiger partial charge in [-0.25, -0.2) is 0 Å². The van der Waals surface area contributed by atoms with Crippen LogP contribution in [0.4, 0.5) is 0 Å². The van der Waals surface area contributed by atoms with Crippen molar-refractivity contribution in [2.45, 2.75) is 0 Å². The lowest BCUT2D eigenvalue weighted by Gasteiger charge is -2.18. The van der Waals surface area contributed by atoms with E-state index in [1.807, 2.05) is 36.4 Å². The molecule has 0 bridgehead atoms. The molecule has 0 fully saturated rings. The van der Waals surface area contributed by atoms with Gasteiger partial charge < -0.3 is 4.42 Å². The molecule has 1 aromatic heterocycles. The molecule has 9 rings (SSSR count). The smallest absolute Gasteiger partial charge is 0.136 e. The van der Waals surface area contributed by atoms with Crippen molar-refractivity contribution in [3.63, 3.8) is 0 Å². The Morgan fingerprint density at radius 3 is 1.72 bits per heavy atom. The Kier molecular flexibility index (Phi) is 3.41. The van der Waals surface area contributed by atoms with E-state index in [-0.39, 0.29) is 63.8 Å². The van der Waals surface area contributed by atoms with E-state index < -0.39 is 30.2 Å². The van der Waals surface area contributed by atoms with Crippen molar-refractivity contribution in [1.29, 1.82) is 0 Å². The Bertz CT molecular complexity index is 3040. The van der Waals surface area contributed by atoms with E-state index in [0.717, 1.165) is 21.9 Å². The van der Waals surface area contributed by atoms with Gasteiger partial charge in [0.2, 0.25) is 0 Å². The molecule has 0 unspecified atom stereocenters. The Labute approximate surface area is 264 Å². The van der Waals surface area contributed by atoms with Crippen LogP contribution in [0.15, 0.2) is 162 Å². The SMILES string of the molecule is [2H]c1cc2c(-c3ccc(-c4c([2H])c([2H])c([2H])c5oc6c([2H])c([2H])c([2H])c([2H])c6c45)cc3)c3cc([2H])c([2H])cc3c(-c3ccc4ccccc4c3)c2cc1[2H]. The van der Waals surface area contributed by atoms with Gasteiger partial charge in [0.25, 0.3) is 0 Å². The number of hydrogen-bond acceptors (Lipinski definition) is 1. The molecule has 0 amide bonds. The number of hydrogen-bond donors (Lipinski definition) is 0. The molecule has 0 aliphatic heterocycles. The van der Waals surface area contributed by atoms with Gasteiger partial charge in [0, 0.05) is 10.8 Å². The topological polar surface area (TPSA) is 13.1 Å². The van der Waals surface area contributed by atoms with Gasteiger partial charge in [-0.2, -0.15) is 0 Å². The molecule has 0 atom stereocenters. The number of rotatable bonds is 3. The number of furan rings is 1. The van der Waals surface area contributed by atoms with E-state index >= 15 is 0 Å². The van der Waals surface area contributed by atoms with Gasteiger partial charge in [-0.3, -0.25) is 0 Å². The molecule has 0 radical (unpaired) electrons. The number of benzene rings is 8. The second-order valence-electron chi connectivity index (χ2n) is 10.5. The third-order valence-corrected chi connectivity index (χ3v) is 8.14. The predicted octanol–water partition coefficient (Wildman–Crippen LogP) is 12.0. The summed E-state index contributed by atoms with van der Waals surface area (Å²) in [4.78, 5) is 0. The van der Waals surface area contributed by atoms with E-state index in [4.69, 9.17) is 19.5 Å². The quantitative estimate of drug-likeness (QED) is 0.197. The maximum Gasteiger partial charge on any atom is 0.136 e. The van der Waals surface area contributed by atoms with Crippen molar-refractivity contribution < 1.29 is 19.5 Å². The Morgan fingerprint density at radius 2 is 1.00 bits per heavy atom. The third-order valence-electron chi connectivity index (χ3n) is 8.14. The average Bonchev–Trinajstić information content (AvgIpc) is 3.57. The first-order valence-corrected chi connectivity index (χ1v) is 13.9. The van der Waals surface area contributed by atoms with Crippen LogP contribution in [0.25, 0.3) is 87.6 Å². The van der Waals surface area contributed by atoms with Crippen molar-refractivity contribution in [2.24, 2.45) is 0 Å². The highest BCUT2D eigenvalue weighted by molar-refractivity contribution is 6.22. The fourth-order valence-corrected chi connectivity index (χ4v) is 6.23. The predicted molar refractivity (Wildman–Crippen MR) is 183 cm³/mol. The summed E-state index contributed by atoms with van der Waals surface area (Å²) in [5.41, 5.74) is 3.37. The fraction of sp³-hybridized carbons (Fsp3) is 0. The molecular formula is C42H26O. The van der Waals surface area contributed by atoms with Crippen molar-refractivity contribution in [3.05, 3.63) is 157 Å². The summed E-state index contributed by atoms with van der Waals surface area (Å²) < 4.78 is 100. The molecule has 1 nitrogen and oxygen atoms in total. The zero-order valence-corrected chi connectivity index (χ0v) is 22.6. The minimum atomic E-state index is -0.492. The van der Waals surface area contributed by atoms with Crippen LogP contribution in [0.3, 0.4) is 0 Å². The van der Waals surface area contributed by atoms with Gasteiger partial charge in [-0.05, 0) is 83.8 Å². The second-order valence-corrected chi connectivity index (χ2v) is 10.5. The van der Waals surface area contributed by atoms with Gasteiger partial charge in [-0.1, -0.05) is 139 Å². The van der Waals surface area contributed by atoms with Crippen LogP contribution in [0.2, 0.25) is 0 Å². The summed E-state index contributed by atoms with van der Waals surface area (Å²) in [6.07, 6.45) is 0. The van der Waals surface area contributed by atoms with Crippen molar-refractivity contribution in [3.8, 4) is 33.4 Å². The molecule has 43 heavy (non-hydrogen) atoms. The first kappa shape index (κ1) is 15.5. The maximum atomic E-state index is 8.95. The summed E-state index contributed by atoms with van der Waals surface area (Å²) in [7, 11) is 0. The van der Waals surface area contributed by atoms with Gasteiger partial charge in [0.05, 0.1) is 15.1 Å². The van der Waals surface area contributed by atoms with E-state index in [0.29, 0.717) is 38.2 Å². The van der Waals surface area contributed by atoms with Crippen molar-refractivity contribution in [2.75, 3.05) is 0 Å². The first-order valence-electron chi connectivity index (χ1n) is 19.4. The van der Waals surface area contributed by atoms with Crippen molar-refractivity contribution in [1.82, 2.24) is 0 Å². The molecule has 8 aromatic carbocycles. The van der Waals surface area contributed by atoms with Crippen LogP contribution in [0, 0.1) is 0 Å². The monoisotopic (exact) mass is 557 g/mol. The van der Waals surface area contributed by atoms with Crippen LogP contribution in [-0.4, -0.2) is 0 Å². The van der Waals surface area contributed by atoms with E-state index in [1.54, 1.807) is 48.5 Å². The van der Waals surface area contributed by atoms with Crippen LogP contribution < -0.4 is 0 Å². The molecule has 0 N–H and O–H groups in total. The Morgan fingerprint density at radius 1 is 0.419 bits per heavy atom. The summed E-state index contributed by atoms with van der Waals surface area (Å²) >= 11 is 0. The molecule has 1 heteroatoms. The summed E-state index contributed by atoms with van der Waals surface area (Å²) in [6.45, 7) is 0. The molecular weight excluding hydrogens is 520 g/mol. The molecule has 0 spiro atoms. The van der Waals surface area contributed by atoms with Gasteiger partial charge in [0.1, 0.15) is 11.2 Å². The lowest BCUT2D eigenvalue weighted by molar-refractivity contribution is 0.669. The molecule has 0 aliphatic carbocycles. The second kappa shape index (κ2) is 9.44. The third kappa shape index (κ3) is 3.72. The lowest BCUT2D eigenvalue weighted by Crippen LogP contribution is -1.91. The fourth-order valence-electron chi connectivity index (χ4n) is 6.23. The van der Waals surface area contributed by atoms with Gasteiger partial charge in [-0.15, -0.1) is 0 Å². The highest BCUT2D eigenvalue weighted by atomic mass is 16.3.